The highest BCUT2D eigenvalue weighted by Crippen LogP contribution is 2.23. The molecular weight excluding hydrogens is 342 g/mol. The van der Waals surface area contributed by atoms with E-state index in [1.807, 2.05) is 19.0 Å². The molecule has 1 aromatic heterocycles. The van der Waals surface area contributed by atoms with Crippen LogP contribution >= 0.6 is 11.3 Å². The zero-order valence-electron chi connectivity index (χ0n) is 14.1. The van der Waals surface area contributed by atoms with Gasteiger partial charge in [-0.15, -0.1) is 11.3 Å². The SMILES string of the molecule is C[C@@H](OC(=O)c1ccc(N(C)C)cc1)C(=O)Nc1sccc1C(N)=O. The molecule has 1 atom stereocenters. The van der Waals surface area contributed by atoms with Crippen LogP contribution in [-0.4, -0.2) is 38.0 Å². The van der Waals surface area contributed by atoms with E-state index in [1.54, 1.807) is 29.6 Å². The molecule has 8 heteroatoms. The number of esters is 1. The Kier molecular flexibility index (Phi) is 5.76. The second-order valence-corrected chi connectivity index (χ2v) is 6.42. The molecule has 0 spiro atoms. The maximum atomic E-state index is 12.2. The fraction of sp³-hybridized carbons (Fsp3) is 0.235. The number of nitrogens with two attached hydrogens (primary N) is 1. The molecule has 0 aliphatic carbocycles. The van der Waals surface area contributed by atoms with Gasteiger partial charge in [-0.25, -0.2) is 4.79 Å². The highest BCUT2D eigenvalue weighted by molar-refractivity contribution is 7.14. The van der Waals surface area contributed by atoms with Gasteiger partial charge in [0.1, 0.15) is 5.00 Å². The predicted octanol–water partition coefficient (Wildman–Crippen LogP) is 2.10. The Hall–Kier alpha value is -2.87. The van der Waals surface area contributed by atoms with Gasteiger partial charge in [0.05, 0.1) is 11.1 Å². The molecule has 0 fully saturated rings. The molecule has 0 unspecified atom stereocenters. The molecular formula is C17H19N3O4S. The molecule has 2 rings (SSSR count). The molecule has 0 aliphatic heterocycles. The van der Waals surface area contributed by atoms with E-state index in [4.69, 9.17) is 10.5 Å². The van der Waals surface area contributed by atoms with Gasteiger partial charge in [-0.1, -0.05) is 0 Å². The summed E-state index contributed by atoms with van der Waals surface area (Å²) in [4.78, 5) is 37.5. The second kappa shape index (κ2) is 7.80. The number of carbonyl (C=O) groups excluding carboxylic acids is 3. The van der Waals surface area contributed by atoms with Crippen molar-refractivity contribution in [1.29, 1.82) is 0 Å². The number of nitrogens with zero attached hydrogens (tertiary/aromatic N) is 1. The third kappa shape index (κ3) is 4.57. The van der Waals surface area contributed by atoms with E-state index in [0.717, 1.165) is 5.69 Å². The average molecular weight is 361 g/mol. The molecule has 1 aromatic carbocycles. The summed E-state index contributed by atoms with van der Waals surface area (Å²) in [6.45, 7) is 1.46. The fourth-order valence-electron chi connectivity index (χ4n) is 1.99. The van der Waals surface area contributed by atoms with Crippen molar-refractivity contribution in [2.24, 2.45) is 5.73 Å². The number of anilines is 2. The number of benzene rings is 1. The minimum Gasteiger partial charge on any atom is -0.449 e. The Bertz CT molecular complexity index is 783. The number of ether oxygens (including phenoxy) is 1. The van der Waals surface area contributed by atoms with E-state index in [-0.39, 0.29) is 5.56 Å². The van der Waals surface area contributed by atoms with Gasteiger partial charge in [0.2, 0.25) is 0 Å². The summed E-state index contributed by atoms with van der Waals surface area (Å²) < 4.78 is 5.17. The number of amides is 2. The standard InChI is InChI=1S/C17H19N3O4S/c1-10(15(22)19-16-13(14(18)21)8-9-25-16)24-17(23)11-4-6-12(7-5-11)20(2)3/h4-10H,1-3H3,(H2,18,21)(H,19,22)/t10-/m1/s1. The first kappa shape index (κ1) is 18.5. The molecule has 0 aliphatic rings. The molecule has 0 radical (unpaired) electrons. The maximum Gasteiger partial charge on any atom is 0.338 e. The smallest absolute Gasteiger partial charge is 0.338 e. The van der Waals surface area contributed by atoms with Crippen LogP contribution in [0.15, 0.2) is 35.7 Å². The largest absolute Gasteiger partial charge is 0.449 e. The van der Waals surface area contributed by atoms with Gasteiger partial charge in [0.15, 0.2) is 6.10 Å². The van der Waals surface area contributed by atoms with Gasteiger partial charge < -0.3 is 20.7 Å². The molecule has 2 aromatic rings. The number of hydrogen-bond donors (Lipinski definition) is 2. The summed E-state index contributed by atoms with van der Waals surface area (Å²) in [7, 11) is 3.79. The molecule has 1 heterocycles. The topological polar surface area (TPSA) is 102 Å². The van der Waals surface area contributed by atoms with Gasteiger partial charge in [-0.2, -0.15) is 0 Å². The number of primary amides is 1. The van der Waals surface area contributed by atoms with E-state index in [0.29, 0.717) is 10.6 Å². The maximum absolute atomic E-state index is 12.2. The Morgan fingerprint density at radius 3 is 2.36 bits per heavy atom. The molecule has 2 amide bonds. The van der Waals surface area contributed by atoms with E-state index in [1.165, 1.54) is 24.3 Å². The molecule has 0 saturated heterocycles. The third-order valence-corrected chi connectivity index (χ3v) is 4.27. The lowest BCUT2D eigenvalue weighted by Gasteiger charge is -2.15. The molecule has 3 N–H and O–H groups in total. The lowest BCUT2D eigenvalue weighted by atomic mass is 10.2. The summed E-state index contributed by atoms with van der Waals surface area (Å²) >= 11 is 1.17. The predicted molar refractivity (Wildman–Crippen MR) is 97.1 cm³/mol. The quantitative estimate of drug-likeness (QED) is 0.767. The lowest BCUT2D eigenvalue weighted by Crippen LogP contribution is -2.30. The number of rotatable bonds is 6. The summed E-state index contributed by atoms with van der Waals surface area (Å²) in [5, 5.41) is 4.51. The van der Waals surface area contributed by atoms with Crippen molar-refractivity contribution in [3.8, 4) is 0 Å². The Labute approximate surface area is 149 Å². The van der Waals surface area contributed by atoms with Crippen LogP contribution in [0, 0.1) is 0 Å². The van der Waals surface area contributed by atoms with E-state index in [9.17, 15) is 14.4 Å². The third-order valence-electron chi connectivity index (χ3n) is 3.44. The van der Waals surface area contributed by atoms with Crippen LogP contribution in [0.3, 0.4) is 0 Å². The lowest BCUT2D eigenvalue weighted by molar-refractivity contribution is -0.123. The van der Waals surface area contributed by atoms with Crippen LogP contribution in [0.1, 0.15) is 27.6 Å². The van der Waals surface area contributed by atoms with Crippen LogP contribution in [0.5, 0.6) is 0 Å². The van der Waals surface area contributed by atoms with E-state index in [2.05, 4.69) is 5.32 Å². The van der Waals surface area contributed by atoms with Crippen LogP contribution < -0.4 is 16.0 Å². The van der Waals surface area contributed by atoms with Crippen molar-refractivity contribution < 1.29 is 19.1 Å². The van der Waals surface area contributed by atoms with Crippen molar-refractivity contribution in [3.63, 3.8) is 0 Å². The van der Waals surface area contributed by atoms with Gasteiger partial charge in [-0.05, 0) is 42.6 Å². The zero-order valence-corrected chi connectivity index (χ0v) is 14.9. The Morgan fingerprint density at radius 2 is 1.80 bits per heavy atom. The Balaban J connectivity index is 1.99. The van der Waals surface area contributed by atoms with E-state index < -0.39 is 23.9 Å². The molecule has 132 valence electrons. The number of thiophene rings is 1. The first-order valence-corrected chi connectivity index (χ1v) is 8.34. The van der Waals surface area contributed by atoms with E-state index >= 15 is 0 Å². The van der Waals surface area contributed by atoms with Crippen LogP contribution in [-0.2, 0) is 9.53 Å². The van der Waals surface area contributed by atoms with Crippen molar-refractivity contribution in [2.45, 2.75) is 13.0 Å². The summed E-state index contributed by atoms with van der Waals surface area (Å²) in [5.74, 6) is -1.78. The molecule has 25 heavy (non-hydrogen) atoms. The van der Waals surface area contributed by atoms with Crippen LogP contribution in [0.25, 0.3) is 0 Å². The van der Waals surface area contributed by atoms with Gasteiger partial charge in [-0.3, -0.25) is 9.59 Å². The highest BCUT2D eigenvalue weighted by atomic mass is 32.1. The number of nitrogens with one attached hydrogen (secondary N) is 1. The minimum absolute atomic E-state index is 0.219. The molecule has 0 saturated carbocycles. The second-order valence-electron chi connectivity index (χ2n) is 5.51. The van der Waals surface area contributed by atoms with Crippen molar-refractivity contribution >= 4 is 39.8 Å². The number of hydrogen-bond acceptors (Lipinski definition) is 6. The summed E-state index contributed by atoms with van der Waals surface area (Å²) in [6, 6.07) is 8.35. The van der Waals surface area contributed by atoms with Crippen LogP contribution in [0.4, 0.5) is 10.7 Å². The van der Waals surface area contributed by atoms with Crippen molar-refractivity contribution in [1.82, 2.24) is 0 Å². The highest BCUT2D eigenvalue weighted by Gasteiger charge is 2.21. The zero-order chi connectivity index (χ0) is 18.6. The van der Waals surface area contributed by atoms with Crippen molar-refractivity contribution in [3.05, 3.63) is 46.8 Å². The first-order valence-electron chi connectivity index (χ1n) is 7.46. The summed E-state index contributed by atoms with van der Waals surface area (Å²) in [6.07, 6.45) is -1.02. The van der Waals surface area contributed by atoms with Crippen LogP contribution in [0.2, 0.25) is 0 Å². The normalized spacial score (nSPS) is 11.5. The first-order chi connectivity index (χ1) is 11.8. The van der Waals surface area contributed by atoms with Gasteiger partial charge in [0.25, 0.3) is 11.8 Å². The summed E-state index contributed by atoms with van der Waals surface area (Å²) in [5.41, 5.74) is 6.74. The van der Waals surface area contributed by atoms with Crippen molar-refractivity contribution in [2.75, 3.05) is 24.3 Å². The monoisotopic (exact) mass is 361 g/mol. The molecule has 7 nitrogen and oxygen atoms in total. The molecule has 0 bridgehead atoms. The fourth-order valence-corrected chi connectivity index (χ4v) is 2.79. The van der Waals surface area contributed by atoms with Gasteiger partial charge >= 0.3 is 5.97 Å². The minimum atomic E-state index is -1.02. The number of carbonyl (C=O) groups is 3. The van der Waals surface area contributed by atoms with Gasteiger partial charge in [0, 0.05) is 19.8 Å². The average Bonchev–Trinajstić information content (AvgIpc) is 3.03. The Morgan fingerprint density at radius 1 is 1.16 bits per heavy atom.